The SMILES string of the molecule is CCSc1ccc(Cl)nc1Br.Nc1ccc(Cl)nc1Br. The van der Waals surface area contributed by atoms with Crippen LogP contribution in [0.2, 0.25) is 10.3 Å². The van der Waals surface area contributed by atoms with Gasteiger partial charge in [-0.15, -0.1) is 11.8 Å². The minimum Gasteiger partial charge on any atom is -0.397 e. The van der Waals surface area contributed by atoms with Gasteiger partial charge in [-0.05, 0) is 61.9 Å². The number of aromatic nitrogens is 2. The maximum Gasteiger partial charge on any atom is 0.130 e. The van der Waals surface area contributed by atoms with Gasteiger partial charge in [0.2, 0.25) is 0 Å². The Hall–Kier alpha value is -0.0100. The van der Waals surface area contributed by atoms with Gasteiger partial charge in [-0.1, -0.05) is 30.1 Å². The fourth-order valence-corrected chi connectivity index (χ4v) is 3.21. The zero-order valence-electron chi connectivity index (χ0n) is 10.4. The van der Waals surface area contributed by atoms with Crippen molar-refractivity contribution in [3.63, 3.8) is 0 Å². The van der Waals surface area contributed by atoms with Gasteiger partial charge in [-0.2, -0.15) is 0 Å². The summed E-state index contributed by atoms with van der Waals surface area (Å²) in [5.74, 6) is 1.04. The van der Waals surface area contributed by atoms with Crippen molar-refractivity contribution < 1.29 is 0 Å². The molecule has 0 unspecified atom stereocenters. The molecular formula is C12H11Br2Cl2N3S. The van der Waals surface area contributed by atoms with Crippen LogP contribution >= 0.6 is 66.8 Å². The maximum absolute atomic E-state index is 5.67. The summed E-state index contributed by atoms with van der Waals surface area (Å²) in [6, 6.07) is 7.10. The van der Waals surface area contributed by atoms with Crippen molar-refractivity contribution >= 4 is 72.5 Å². The molecule has 0 fully saturated rings. The number of thioether (sulfide) groups is 1. The molecule has 0 amide bonds. The molecule has 0 aliphatic rings. The molecular weight excluding hydrogens is 449 g/mol. The first-order chi connectivity index (χ1) is 9.43. The first-order valence-corrected chi connectivity index (χ1v) is 8.79. The number of nitrogen functional groups attached to an aromatic ring is 1. The topological polar surface area (TPSA) is 51.8 Å². The molecule has 2 aromatic heterocycles. The van der Waals surface area contributed by atoms with Crippen LogP contribution in [-0.4, -0.2) is 15.7 Å². The summed E-state index contributed by atoms with van der Waals surface area (Å²) in [5, 5.41) is 0.966. The molecule has 0 aliphatic heterocycles. The van der Waals surface area contributed by atoms with E-state index in [-0.39, 0.29) is 0 Å². The summed E-state index contributed by atoms with van der Waals surface area (Å²) in [6.45, 7) is 2.10. The Morgan fingerprint density at radius 1 is 1.05 bits per heavy atom. The summed E-state index contributed by atoms with van der Waals surface area (Å²) in [4.78, 5) is 9.02. The van der Waals surface area contributed by atoms with Crippen LogP contribution in [0.15, 0.2) is 38.4 Å². The van der Waals surface area contributed by atoms with Gasteiger partial charge >= 0.3 is 0 Å². The van der Waals surface area contributed by atoms with E-state index in [0.29, 0.717) is 20.6 Å². The van der Waals surface area contributed by atoms with E-state index in [1.807, 2.05) is 6.07 Å². The van der Waals surface area contributed by atoms with E-state index in [2.05, 4.69) is 48.8 Å². The molecule has 0 saturated heterocycles. The van der Waals surface area contributed by atoms with Crippen LogP contribution in [0, 0.1) is 0 Å². The maximum atomic E-state index is 5.67. The molecule has 20 heavy (non-hydrogen) atoms. The highest BCUT2D eigenvalue weighted by Gasteiger charge is 2.00. The first kappa shape index (κ1) is 18.0. The van der Waals surface area contributed by atoms with E-state index >= 15 is 0 Å². The van der Waals surface area contributed by atoms with Crippen LogP contribution in [0.3, 0.4) is 0 Å². The highest BCUT2D eigenvalue weighted by molar-refractivity contribution is 9.10. The van der Waals surface area contributed by atoms with E-state index in [1.165, 1.54) is 0 Å². The van der Waals surface area contributed by atoms with Crippen LogP contribution in [0.1, 0.15) is 6.92 Å². The molecule has 0 radical (unpaired) electrons. The largest absolute Gasteiger partial charge is 0.397 e. The number of pyridine rings is 2. The highest BCUT2D eigenvalue weighted by Crippen LogP contribution is 2.26. The van der Waals surface area contributed by atoms with E-state index < -0.39 is 0 Å². The fourth-order valence-electron chi connectivity index (χ4n) is 1.09. The molecule has 0 saturated carbocycles. The second-order valence-corrected chi connectivity index (χ2v) is 6.95. The Morgan fingerprint density at radius 2 is 1.60 bits per heavy atom. The predicted molar refractivity (Wildman–Crippen MR) is 94.7 cm³/mol. The lowest BCUT2D eigenvalue weighted by Crippen LogP contribution is -1.87. The first-order valence-electron chi connectivity index (χ1n) is 5.46. The summed E-state index contributed by atoms with van der Waals surface area (Å²) in [6.07, 6.45) is 0. The molecule has 3 nitrogen and oxygen atoms in total. The Bertz CT molecular complexity index is 585. The van der Waals surface area contributed by atoms with Crippen molar-refractivity contribution in [2.45, 2.75) is 11.8 Å². The van der Waals surface area contributed by atoms with Gasteiger partial charge in [0.1, 0.15) is 19.5 Å². The molecule has 0 aliphatic carbocycles. The number of rotatable bonds is 2. The third-order valence-corrected chi connectivity index (χ3v) is 4.78. The van der Waals surface area contributed by atoms with Crippen molar-refractivity contribution in [1.82, 2.24) is 9.97 Å². The Morgan fingerprint density at radius 3 is 2.05 bits per heavy atom. The number of halogens is 4. The molecule has 2 rings (SSSR count). The highest BCUT2D eigenvalue weighted by atomic mass is 79.9. The van der Waals surface area contributed by atoms with Gasteiger partial charge in [-0.25, -0.2) is 9.97 Å². The van der Waals surface area contributed by atoms with Crippen molar-refractivity contribution in [1.29, 1.82) is 0 Å². The Labute approximate surface area is 148 Å². The minimum atomic E-state index is 0.441. The van der Waals surface area contributed by atoms with Gasteiger partial charge < -0.3 is 5.73 Å². The Balaban J connectivity index is 0.000000204. The zero-order valence-corrected chi connectivity index (χ0v) is 15.9. The second kappa shape index (κ2) is 9.10. The standard InChI is InChI=1S/C7H7BrClNS.C5H4BrClN2/c1-2-11-5-3-4-6(9)10-7(5)8;6-5-3(8)1-2-4(7)9-5/h3-4H,2H2,1H3;1-2H,8H2. The molecule has 2 aromatic rings. The Kier molecular flexibility index (Phi) is 8.21. The molecule has 8 heteroatoms. The zero-order chi connectivity index (χ0) is 15.1. The van der Waals surface area contributed by atoms with Crippen molar-refractivity contribution in [3.05, 3.63) is 43.8 Å². The van der Waals surface area contributed by atoms with Crippen molar-refractivity contribution in [2.24, 2.45) is 0 Å². The van der Waals surface area contributed by atoms with E-state index in [1.54, 1.807) is 30.0 Å². The number of nitrogens with two attached hydrogens (primary N) is 1. The van der Waals surface area contributed by atoms with Gasteiger partial charge in [0.05, 0.1) is 5.69 Å². The smallest absolute Gasteiger partial charge is 0.130 e. The number of nitrogens with zero attached hydrogens (tertiary/aromatic N) is 2. The van der Waals surface area contributed by atoms with Crippen LogP contribution < -0.4 is 5.73 Å². The molecule has 2 N–H and O–H groups in total. The molecule has 0 aromatic carbocycles. The molecule has 108 valence electrons. The predicted octanol–water partition coefficient (Wildman–Crippen LogP) is 5.69. The lowest BCUT2D eigenvalue weighted by molar-refractivity contribution is 1.18. The van der Waals surface area contributed by atoms with Gasteiger partial charge in [0, 0.05) is 4.90 Å². The van der Waals surface area contributed by atoms with Gasteiger partial charge in [-0.3, -0.25) is 0 Å². The lowest BCUT2D eigenvalue weighted by Gasteiger charge is -2.00. The van der Waals surface area contributed by atoms with Crippen LogP contribution in [-0.2, 0) is 0 Å². The van der Waals surface area contributed by atoms with Gasteiger partial charge in [0.15, 0.2) is 0 Å². The summed E-state index contributed by atoms with van der Waals surface area (Å²) < 4.78 is 1.42. The normalized spacial score (nSPS) is 9.85. The average molecular weight is 460 g/mol. The summed E-state index contributed by atoms with van der Waals surface area (Å²) in [5.41, 5.74) is 6.02. The van der Waals surface area contributed by atoms with Crippen molar-refractivity contribution in [2.75, 3.05) is 11.5 Å². The summed E-state index contributed by atoms with van der Waals surface area (Å²) >= 11 is 19.4. The second-order valence-electron chi connectivity index (χ2n) is 3.37. The minimum absolute atomic E-state index is 0.441. The third kappa shape index (κ3) is 6.18. The molecule has 0 atom stereocenters. The van der Waals surface area contributed by atoms with Crippen LogP contribution in [0.5, 0.6) is 0 Å². The van der Waals surface area contributed by atoms with Crippen molar-refractivity contribution in [3.8, 4) is 0 Å². The van der Waals surface area contributed by atoms with Crippen LogP contribution in [0.4, 0.5) is 5.69 Å². The van der Waals surface area contributed by atoms with Gasteiger partial charge in [0.25, 0.3) is 0 Å². The summed E-state index contributed by atoms with van der Waals surface area (Å²) in [7, 11) is 0. The molecule has 0 bridgehead atoms. The number of anilines is 1. The third-order valence-electron chi connectivity index (χ3n) is 1.92. The number of hydrogen-bond donors (Lipinski definition) is 1. The van der Waals surface area contributed by atoms with Crippen LogP contribution in [0.25, 0.3) is 0 Å². The molecule has 2 heterocycles. The van der Waals surface area contributed by atoms with E-state index in [0.717, 1.165) is 15.3 Å². The fraction of sp³-hybridized carbons (Fsp3) is 0.167. The monoisotopic (exact) mass is 457 g/mol. The average Bonchev–Trinajstić information content (AvgIpc) is 2.39. The van der Waals surface area contributed by atoms with E-state index in [9.17, 15) is 0 Å². The lowest BCUT2D eigenvalue weighted by atomic mass is 10.4. The quantitative estimate of drug-likeness (QED) is 0.463. The van der Waals surface area contributed by atoms with E-state index in [4.69, 9.17) is 28.9 Å². The molecule has 0 spiro atoms. The number of hydrogen-bond acceptors (Lipinski definition) is 4.